The molecule has 0 radical (unpaired) electrons. The lowest BCUT2D eigenvalue weighted by Gasteiger charge is -2.16. The largest absolute Gasteiger partial charge is 0.513 e. The highest BCUT2D eigenvalue weighted by Gasteiger charge is 2.20. The highest BCUT2D eigenvalue weighted by molar-refractivity contribution is 5.65. The molecule has 0 bridgehead atoms. The summed E-state index contributed by atoms with van der Waals surface area (Å²) in [4.78, 5) is 11.4. The second-order valence-electron chi connectivity index (χ2n) is 5.42. The van der Waals surface area contributed by atoms with Gasteiger partial charge >= 0.3 is 6.16 Å². The van der Waals surface area contributed by atoms with Crippen molar-refractivity contribution in [2.45, 2.75) is 26.4 Å². The summed E-state index contributed by atoms with van der Waals surface area (Å²) in [5, 5.41) is 0. The number of alkyl halides is 2. The van der Waals surface area contributed by atoms with Crippen LogP contribution < -0.4 is 14.2 Å². The zero-order valence-corrected chi connectivity index (χ0v) is 15.1. The van der Waals surface area contributed by atoms with Crippen LogP contribution in [0, 0.1) is 5.82 Å². The number of benzene rings is 2. The van der Waals surface area contributed by atoms with Crippen molar-refractivity contribution in [1.82, 2.24) is 0 Å². The third-order valence-corrected chi connectivity index (χ3v) is 3.84. The molecule has 0 spiro atoms. The molecule has 0 heterocycles. The average molecular weight is 384 g/mol. The van der Waals surface area contributed by atoms with E-state index in [0.29, 0.717) is 5.75 Å². The third-order valence-electron chi connectivity index (χ3n) is 3.84. The van der Waals surface area contributed by atoms with Gasteiger partial charge in [0.15, 0.2) is 0 Å². The summed E-state index contributed by atoms with van der Waals surface area (Å²) in [6, 6.07) is 6.63. The Hall–Kier alpha value is -2.90. The van der Waals surface area contributed by atoms with Crippen molar-refractivity contribution in [1.29, 1.82) is 0 Å². The number of aryl methyl sites for hydroxylation is 1. The van der Waals surface area contributed by atoms with E-state index in [1.165, 1.54) is 13.2 Å². The number of hydrogen-bond acceptors (Lipinski definition) is 5. The summed E-state index contributed by atoms with van der Waals surface area (Å²) in [5.41, 5.74) is 0.0360. The minimum atomic E-state index is -2.84. The molecular formula is C19H19F3O5. The Kier molecular flexibility index (Phi) is 6.92. The van der Waals surface area contributed by atoms with Crippen molar-refractivity contribution in [3.05, 3.63) is 52.8 Å². The molecule has 2 aromatic carbocycles. The van der Waals surface area contributed by atoms with Gasteiger partial charge in [0.05, 0.1) is 25.3 Å². The number of hydrogen-bond donors (Lipinski definition) is 0. The summed E-state index contributed by atoms with van der Waals surface area (Å²) in [5.74, 6) is -0.552. The smallest absolute Gasteiger partial charge is 0.496 e. The minimum absolute atomic E-state index is 0.0745. The lowest BCUT2D eigenvalue weighted by molar-refractivity contribution is 0.120. The van der Waals surface area contributed by atoms with Crippen LogP contribution in [0.3, 0.4) is 0 Å². The predicted molar refractivity (Wildman–Crippen MR) is 91.1 cm³/mol. The number of ether oxygens (including phenoxy) is 4. The van der Waals surface area contributed by atoms with Gasteiger partial charge in [0.2, 0.25) is 0 Å². The van der Waals surface area contributed by atoms with E-state index in [2.05, 4.69) is 4.74 Å². The molecule has 0 amide bonds. The molecule has 0 N–H and O–H groups in total. The van der Waals surface area contributed by atoms with Crippen LogP contribution in [-0.4, -0.2) is 20.4 Å². The summed E-state index contributed by atoms with van der Waals surface area (Å²) in [6.07, 6.45) is -3.53. The molecule has 2 rings (SSSR count). The quantitative estimate of drug-likeness (QED) is 0.493. The Morgan fingerprint density at radius 3 is 2.41 bits per heavy atom. The molecular weight excluding hydrogens is 365 g/mol. The second kappa shape index (κ2) is 9.16. The van der Waals surface area contributed by atoms with Crippen LogP contribution in [0.5, 0.6) is 17.2 Å². The molecule has 2 aromatic rings. The molecule has 0 aliphatic heterocycles. The fraction of sp³-hybridized carbons (Fsp3) is 0.316. The average Bonchev–Trinajstić information content (AvgIpc) is 2.66. The highest BCUT2D eigenvalue weighted by atomic mass is 19.3. The number of methoxy groups -OCH3 is 2. The van der Waals surface area contributed by atoms with Gasteiger partial charge in [-0.05, 0) is 30.2 Å². The molecule has 0 aliphatic rings. The first-order valence-electron chi connectivity index (χ1n) is 8.06. The summed E-state index contributed by atoms with van der Waals surface area (Å²) < 4.78 is 60.8. The van der Waals surface area contributed by atoms with Gasteiger partial charge in [0, 0.05) is 6.07 Å². The molecule has 8 heteroatoms. The number of carbonyl (C=O) groups is 1. The van der Waals surface area contributed by atoms with Gasteiger partial charge in [-0.15, -0.1) is 0 Å². The Balaban J connectivity index is 2.36. The Morgan fingerprint density at radius 2 is 1.81 bits per heavy atom. The number of carbonyl (C=O) groups excluding carboxylic acids is 1. The molecule has 0 saturated heterocycles. The van der Waals surface area contributed by atoms with Crippen molar-refractivity contribution < 1.29 is 36.9 Å². The van der Waals surface area contributed by atoms with E-state index >= 15 is 0 Å². The van der Waals surface area contributed by atoms with Crippen LogP contribution in [0.2, 0.25) is 0 Å². The van der Waals surface area contributed by atoms with Gasteiger partial charge in [-0.25, -0.2) is 18.0 Å². The summed E-state index contributed by atoms with van der Waals surface area (Å²) >= 11 is 0. The van der Waals surface area contributed by atoms with Crippen molar-refractivity contribution in [3.8, 4) is 17.2 Å². The first-order valence-corrected chi connectivity index (χ1v) is 8.06. The summed E-state index contributed by atoms with van der Waals surface area (Å²) in [7, 11) is 2.53. The van der Waals surface area contributed by atoms with Crippen LogP contribution in [0.15, 0.2) is 30.3 Å². The molecule has 0 atom stereocenters. The lowest BCUT2D eigenvalue weighted by atomic mass is 10.1. The number of rotatable bonds is 7. The first kappa shape index (κ1) is 20.4. The van der Waals surface area contributed by atoms with E-state index in [0.717, 1.165) is 19.2 Å². The fourth-order valence-electron chi connectivity index (χ4n) is 2.44. The Morgan fingerprint density at radius 1 is 1.11 bits per heavy atom. The Labute approximate surface area is 154 Å². The van der Waals surface area contributed by atoms with Gasteiger partial charge in [0.1, 0.15) is 29.7 Å². The molecule has 0 aliphatic carbocycles. The van der Waals surface area contributed by atoms with E-state index in [1.807, 2.05) is 0 Å². The fourth-order valence-corrected chi connectivity index (χ4v) is 2.44. The van der Waals surface area contributed by atoms with Crippen molar-refractivity contribution in [2.75, 3.05) is 14.2 Å². The van der Waals surface area contributed by atoms with Crippen molar-refractivity contribution >= 4 is 6.16 Å². The maximum absolute atomic E-state index is 14.0. The van der Waals surface area contributed by atoms with E-state index < -0.39 is 24.0 Å². The predicted octanol–water partition coefficient (Wildman–Crippen LogP) is 5.06. The normalized spacial score (nSPS) is 10.6. The maximum atomic E-state index is 14.0. The molecule has 0 aromatic heterocycles. The molecule has 27 heavy (non-hydrogen) atoms. The van der Waals surface area contributed by atoms with Crippen molar-refractivity contribution in [3.63, 3.8) is 0 Å². The molecule has 0 saturated carbocycles. The lowest BCUT2D eigenvalue weighted by Crippen LogP contribution is -2.11. The summed E-state index contributed by atoms with van der Waals surface area (Å²) in [6.45, 7) is 1.38. The van der Waals surface area contributed by atoms with Gasteiger partial charge in [0.25, 0.3) is 6.43 Å². The zero-order chi connectivity index (χ0) is 20.0. The van der Waals surface area contributed by atoms with E-state index in [-0.39, 0.29) is 35.7 Å². The van der Waals surface area contributed by atoms with Crippen LogP contribution >= 0.6 is 0 Å². The van der Waals surface area contributed by atoms with Crippen molar-refractivity contribution in [2.24, 2.45) is 0 Å². The first-order chi connectivity index (χ1) is 12.9. The van der Waals surface area contributed by atoms with Gasteiger partial charge < -0.3 is 18.9 Å². The van der Waals surface area contributed by atoms with E-state index in [9.17, 15) is 18.0 Å². The molecule has 0 unspecified atom stereocenters. The van der Waals surface area contributed by atoms with Crippen LogP contribution in [0.4, 0.5) is 18.0 Å². The van der Waals surface area contributed by atoms with Gasteiger partial charge in [-0.3, -0.25) is 0 Å². The standard InChI is InChI=1S/C19H19F3O5/c1-4-11-8-12(18(21)22)17(9-14(11)20)26-10-13-15(24-2)6-5-7-16(13)27-19(23)25-3/h5-9,18H,4,10H2,1-3H3. The van der Waals surface area contributed by atoms with E-state index in [1.54, 1.807) is 19.1 Å². The van der Waals surface area contributed by atoms with Crippen LogP contribution in [-0.2, 0) is 17.8 Å². The van der Waals surface area contributed by atoms with Gasteiger partial charge in [-0.2, -0.15) is 0 Å². The monoisotopic (exact) mass is 384 g/mol. The Bertz CT molecular complexity index is 808. The zero-order valence-electron chi connectivity index (χ0n) is 15.1. The molecule has 5 nitrogen and oxygen atoms in total. The molecule has 146 valence electrons. The van der Waals surface area contributed by atoms with Crippen LogP contribution in [0.25, 0.3) is 0 Å². The second-order valence-corrected chi connectivity index (χ2v) is 5.42. The minimum Gasteiger partial charge on any atom is -0.496 e. The van der Waals surface area contributed by atoms with Crippen LogP contribution in [0.1, 0.15) is 30.0 Å². The highest BCUT2D eigenvalue weighted by Crippen LogP contribution is 2.35. The molecule has 0 fully saturated rings. The van der Waals surface area contributed by atoms with E-state index in [4.69, 9.17) is 14.2 Å². The third kappa shape index (κ3) is 4.84. The van der Waals surface area contributed by atoms with Gasteiger partial charge in [-0.1, -0.05) is 13.0 Å². The SMILES string of the molecule is CCc1cc(C(F)F)c(OCc2c(OC)cccc2OC(=O)OC)cc1F. The number of halogens is 3. The maximum Gasteiger partial charge on any atom is 0.513 e. The topological polar surface area (TPSA) is 54.0 Å².